The number of nitrogens with zero attached hydrogens (tertiary/aromatic N) is 1. The van der Waals surface area contributed by atoms with Crippen LogP contribution in [0.3, 0.4) is 0 Å². The van der Waals surface area contributed by atoms with Gasteiger partial charge in [0.15, 0.2) is 0 Å². The fraction of sp³-hybridized carbons (Fsp3) is 0.667. The molecule has 13 heavy (non-hydrogen) atoms. The van der Waals surface area contributed by atoms with E-state index in [4.69, 9.17) is 0 Å². The minimum atomic E-state index is -0.752. The monoisotopic (exact) mass is 217 g/mol. The number of aromatic nitrogens is 1. The van der Waals surface area contributed by atoms with Crippen molar-refractivity contribution in [3.63, 3.8) is 0 Å². The van der Waals surface area contributed by atoms with E-state index in [1.54, 1.807) is 36.9 Å². The molecule has 0 atom stereocenters. The van der Waals surface area contributed by atoms with Gasteiger partial charge < -0.3 is 5.11 Å². The molecular formula is C9H15NOS2. The molecule has 0 unspecified atom stereocenters. The van der Waals surface area contributed by atoms with Gasteiger partial charge in [0.25, 0.3) is 0 Å². The van der Waals surface area contributed by atoms with Crippen LogP contribution in [0.1, 0.15) is 29.4 Å². The number of hydrogen-bond acceptors (Lipinski definition) is 4. The van der Waals surface area contributed by atoms with Crippen LogP contribution in [0.5, 0.6) is 0 Å². The molecule has 0 aromatic carbocycles. The molecule has 1 aromatic rings. The molecule has 0 saturated carbocycles. The van der Waals surface area contributed by atoms with Gasteiger partial charge in [0.1, 0.15) is 5.01 Å². The summed E-state index contributed by atoms with van der Waals surface area (Å²) in [6.45, 7) is 5.56. The summed E-state index contributed by atoms with van der Waals surface area (Å²) in [5, 5.41) is 10.9. The molecule has 0 spiro atoms. The highest BCUT2D eigenvalue weighted by atomic mass is 32.2. The highest BCUT2D eigenvalue weighted by Crippen LogP contribution is 2.30. The topological polar surface area (TPSA) is 33.1 Å². The van der Waals surface area contributed by atoms with E-state index in [0.717, 1.165) is 21.3 Å². The minimum absolute atomic E-state index is 0.752. The van der Waals surface area contributed by atoms with Crippen LogP contribution >= 0.6 is 23.1 Å². The lowest BCUT2D eigenvalue weighted by Gasteiger charge is -2.14. The van der Waals surface area contributed by atoms with Crippen molar-refractivity contribution in [2.24, 2.45) is 0 Å². The van der Waals surface area contributed by atoms with E-state index in [1.165, 1.54) is 0 Å². The molecule has 1 N–H and O–H groups in total. The molecule has 0 bridgehead atoms. The molecule has 4 heteroatoms. The van der Waals surface area contributed by atoms with E-state index in [-0.39, 0.29) is 0 Å². The average Bonchev–Trinajstić information content (AvgIpc) is 2.30. The number of hydrogen-bond donors (Lipinski definition) is 1. The fourth-order valence-corrected chi connectivity index (χ4v) is 2.97. The fourth-order valence-electron chi connectivity index (χ4n) is 1.21. The number of aryl methyl sites for hydroxylation is 1. The van der Waals surface area contributed by atoms with Gasteiger partial charge in [-0.15, -0.1) is 11.3 Å². The molecule has 0 aliphatic carbocycles. The Kier molecular flexibility index (Phi) is 3.38. The van der Waals surface area contributed by atoms with Crippen molar-refractivity contribution in [2.75, 3.05) is 6.26 Å². The van der Waals surface area contributed by atoms with Gasteiger partial charge in [-0.1, -0.05) is 0 Å². The van der Waals surface area contributed by atoms with Crippen molar-refractivity contribution in [1.82, 2.24) is 4.98 Å². The SMILES string of the molecule is CSCc1nc(C)c(C(C)(C)O)s1. The molecule has 1 aromatic heterocycles. The molecule has 1 rings (SSSR count). The number of aliphatic hydroxyl groups is 1. The maximum Gasteiger partial charge on any atom is 0.103 e. The molecule has 0 fully saturated rings. The first-order valence-electron chi connectivity index (χ1n) is 4.13. The second kappa shape index (κ2) is 3.98. The summed E-state index contributed by atoms with van der Waals surface area (Å²) in [7, 11) is 0. The number of rotatable bonds is 3. The van der Waals surface area contributed by atoms with Crippen LogP contribution in [-0.2, 0) is 11.4 Å². The van der Waals surface area contributed by atoms with Gasteiger partial charge in [-0.2, -0.15) is 11.8 Å². The molecule has 0 aliphatic rings. The summed E-state index contributed by atoms with van der Waals surface area (Å²) in [5.74, 6) is 0.932. The van der Waals surface area contributed by atoms with Gasteiger partial charge in [0, 0.05) is 5.75 Å². The smallest absolute Gasteiger partial charge is 0.103 e. The van der Waals surface area contributed by atoms with Crippen molar-refractivity contribution in [2.45, 2.75) is 32.1 Å². The molecule has 2 nitrogen and oxygen atoms in total. The zero-order chi connectivity index (χ0) is 10.1. The standard InChI is InChI=1S/C9H15NOS2/c1-6-8(9(2,3)11)13-7(10-6)5-12-4/h11H,5H2,1-4H3. The van der Waals surface area contributed by atoms with Gasteiger partial charge in [-0.25, -0.2) is 4.98 Å². The maximum atomic E-state index is 9.81. The van der Waals surface area contributed by atoms with Crippen LogP contribution in [0.2, 0.25) is 0 Å². The molecule has 0 amide bonds. The largest absolute Gasteiger partial charge is 0.385 e. The minimum Gasteiger partial charge on any atom is -0.385 e. The Bertz CT molecular complexity index is 288. The van der Waals surface area contributed by atoms with Gasteiger partial charge in [0.2, 0.25) is 0 Å². The Balaban J connectivity index is 2.96. The Hall–Kier alpha value is -0.0600. The molecule has 74 valence electrons. The van der Waals surface area contributed by atoms with Gasteiger partial charge in [-0.05, 0) is 27.0 Å². The van der Waals surface area contributed by atoms with Crippen LogP contribution in [0.4, 0.5) is 0 Å². The van der Waals surface area contributed by atoms with Crippen LogP contribution in [0.25, 0.3) is 0 Å². The lowest BCUT2D eigenvalue weighted by atomic mass is 10.1. The van der Waals surface area contributed by atoms with E-state index < -0.39 is 5.60 Å². The summed E-state index contributed by atoms with van der Waals surface area (Å²) in [6, 6.07) is 0. The van der Waals surface area contributed by atoms with Crippen LogP contribution in [0.15, 0.2) is 0 Å². The molecule has 1 heterocycles. The van der Waals surface area contributed by atoms with Crippen LogP contribution in [0, 0.1) is 6.92 Å². The van der Waals surface area contributed by atoms with Crippen molar-refractivity contribution in [1.29, 1.82) is 0 Å². The predicted octanol–water partition coefficient (Wildman–Crippen LogP) is 2.54. The third kappa shape index (κ3) is 2.69. The highest BCUT2D eigenvalue weighted by molar-refractivity contribution is 7.97. The van der Waals surface area contributed by atoms with Crippen LogP contribution < -0.4 is 0 Å². The molecule has 0 saturated heterocycles. The predicted molar refractivity (Wildman–Crippen MR) is 59.3 cm³/mol. The van der Waals surface area contributed by atoms with E-state index >= 15 is 0 Å². The normalized spacial score (nSPS) is 12.1. The van der Waals surface area contributed by atoms with E-state index in [0.29, 0.717) is 0 Å². The van der Waals surface area contributed by atoms with E-state index in [1.807, 2.05) is 6.92 Å². The first-order chi connectivity index (χ1) is 5.95. The number of thiazole rings is 1. The van der Waals surface area contributed by atoms with Gasteiger partial charge >= 0.3 is 0 Å². The van der Waals surface area contributed by atoms with Crippen molar-refractivity contribution in [3.05, 3.63) is 15.6 Å². The third-order valence-electron chi connectivity index (χ3n) is 1.66. The quantitative estimate of drug-likeness (QED) is 0.844. The molecular weight excluding hydrogens is 202 g/mol. The van der Waals surface area contributed by atoms with E-state index in [9.17, 15) is 5.11 Å². The second-order valence-corrected chi connectivity index (χ2v) is 5.46. The Morgan fingerprint density at radius 2 is 2.15 bits per heavy atom. The maximum absolute atomic E-state index is 9.81. The zero-order valence-electron chi connectivity index (χ0n) is 8.42. The van der Waals surface area contributed by atoms with Crippen molar-refractivity contribution >= 4 is 23.1 Å². The third-order valence-corrected chi connectivity index (χ3v) is 3.88. The summed E-state index contributed by atoms with van der Waals surface area (Å²) in [6.07, 6.45) is 2.06. The summed E-state index contributed by atoms with van der Waals surface area (Å²) in [4.78, 5) is 5.39. The second-order valence-electron chi connectivity index (χ2n) is 3.51. The van der Waals surface area contributed by atoms with Gasteiger partial charge in [-0.3, -0.25) is 0 Å². The highest BCUT2D eigenvalue weighted by Gasteiger charge is 2.22. The first-order valence-corrected chi connectivity index (χ1v) is 6.34. The van der Waals surface area contributed by atoms with Crippen molar-refractivity contribution < 1.29 is 5.11 Å². The average molecular weight is 217 g/mol. The molecule has 0 aliphatic heterocycles. The van der Waals surface area contributed by atoms with Gasteiger partial charge in [0.05, 0.1) is 16.2 Å². The Labute approximate surface area is 87.4 Å². The Morgan fingerprint density at radius 1 is 1.54 bits per heavy atom. The summed E-state index contributed by atoms with van der Waals surface area (Å²) in [5.41, 5.74) is 0.208. The summed E-state index contributed by atoms with van der Waals surface area (Å²) < 4.78 is 0. The lowest BCUT2D eigenvalue weighted by molar-refractivity contribution is 0.0817. The lowest BCUT2D eigenvalue weighted by Crippen LogP contribution is -2.14. The van der Waals surface area contributed by atoms with Crippen molar-refractivity contribution in [3.8, 4) is 0 Å². The zero-order valence-corrected chi connectivity index (χ0v) is 10.1. The Morgan fingerprint density at radius 3 is 2.54 bits per heavy atom. The molecule has 0 radical (unpaired) electrons. The number of thioether (sulfide) groups is 1. The van der Waals surface area contributed by atoms with Crippen LogP contribution in [-0.4, -0.2) is 16.3 Å². The summed E-state index contributed by atoms with van der Waals surface area (Å²) >= 11 is 3.36. The first kappa shape index (κ1) is 11.0. The van der Waals surface area contributed by atoms with E-state index in [2.05, 4.69) is 11.2 Å².